The molecule has 1 rings (SSSR count). The predicted molar refractivity (Wildman–Crippen MR) is 104 cm³/mol. The number of carbonyl (C=O) groups excluding carboxylic acids is 1. The lowest BCUT2D eigenvalue weighted by Crippen LogP contribution is -2.07. The second kappa shape index (κ2) is 14.1. The Hall–Kier alpha value is -1.31. The zero-order valence-corrected chi connectivity index (χ0v) is 15.9. The van der Waals surface area contributed by atoms with Gasteiger partial charge < -0.3 is 0 Å². The van der Waals surface area contributed by atoms with E-state index in [4.69, 9.17) is 0 Å². The molecule has 0 saturated carbocycles. The number of unbranched alkanes of at least 4 members (excludes halogenated alkanes) is 6. The smallest absolute Gasteiger partial charge is 0.230 e. The summed E-state index contributed by atoms with van der Waals surface area (Å²) in [6.45, 7) is 4.60. The van der Waals surface area contributed by atoms with E-state index in [9.17, 15) is 4.79 Å². The highest BCUT2D eigenvalue weighted by Crippen LogP contribution is 2.17. The van der Waals surface area contributed by atoms with E-state index >= 15 is 0 Å². The van der Waals surface area contributed by atoms with Crippen LogP contribution >= 0.6 is 0 Å². The van der Waals surface area contributed by atoms with Gasteiger partial charge in [-0.2, -0.15) is 0 Å². The highest BCUT2D eigenvalue weighted by Gasteiger charge is 2.05. The Bertz CT molecular complexity index is 433. The molecule has 1 aromatic rings. The molecule has 0 radical (unpaired) electrons. The normalized spacial score (nSPS) is 12.8. The van der Waals surface area contributed by atoms with Gasteiger partial charge >= 0.3 is 0 Å². The maximum Gasteiger partial charge on any atom is 0.230 e. The summed E-state index contributed by atoms with van der Waals surface area (Å²) in [6, 6.07) is 3.81. The summed E-state index contributed by atoms with van der Waals surface area (Å²) in [7, 11) is 0. The van der Waals surface area contributed by atoms with Crippen molar-refractivity contribution in [2.24, 2.45) is 5.92 Å². The summed E-state index contributed by atoms with van der Waals surface area (Å²) in [4.78, 5) is 11.9. The van der Waals surface area contributed by atoms with Gasteiger partial charge in [0.15, 0.2) is 0 Å². The summed E-state index contributed by atoms with van der Waals surface area (Å²) in [5.41, 5.74) is 0. The van der Waals surface area contributed by atoms with Crippen LogP contribution in [0.2, 0.25) is 0 Å². The second-order valence-corrected chi connectivity index (χ2v) is 7.09. The molecule has 0 bridgehead atoms. The average Bonchev–Trinajstić information content (AvgIpc) is 3.12. The topological polar surface area (TPSA) is 22.0 Å². The molecule has 2 heteroatoms. The summed E-state index contributed by atoms with van der Waals surface area (Å²) < 4.78 is 1.69. The molecule has 0 spiro atoms. The number of rotatable bonds is 14. The fourth-order valence-electron chi connectivity index (χ4n) is 3.03. The zero-order valence-electron chi connectivity index (χ0n) is 15.9. The number of carbonyl (C=O) groups is 1. The van der Waals surface area contributed by atoms with Crippen LogP contribution in [-0.2, 0) is 0 Å². The van der Waals surface area contributed by atoms with Gasteiger partial charge in [-0.25, -0.2) is 0 Å². The fraction of sp³-hybridized carbons (Fsp3) is 0.682. The van der Waals surface area contributed by atoms with Crippen molar-refractivity contribution in [1.82, 2.24) is 4.57 Å². The first-order valence-electron chi connectivity index (χ1n) is 10.0. The van der Waals surface area contributed by atoms with E-state index in [0.717, 1.165) is 12.3 Å². The average molecular weight is 332 g/mol. The molecule has 1 atom stereocenters. The minimum absolute atomic E-state index is 0.222. The van der Waals surface area contributed by atoms with Gasteiger partial charge in [0.25, 0.3) is 0 Å². The summed E-state index contributed by atoms with van der Waals surface area (Å²) >= 11 is 0. The Labute approximate surface area is 149 Å². The van der Waals surface area contributed by atoms with Crippen LogP contribution in [0.1, 0.15) is 95.7 Å². The summed E-state index contributed by atoms with van der Waals surface area (Å²) in [5.74, 6) is 1.02. The number of hydrogen-bond acceptors (Lipinski definition) is 1. The number of hydrogen-bond donors (Lipinski definition) is 0. The van der Waals surface area contributed by atoms with Gasteiger partial charge in [-0.15, -0.1) is 0 Å². The van der Waals surface area contributed by atoms with Crippen LogP contribution in [0.4, 0.5) is 0 Å². The third kappa shape index (κ3) is 10.5. The molecule has 0 N–H and O–H groups in total. The number of nitrogens with zero attached hydrogens (tertiary/aromatic N) is 1. The fourth-order valence-corrected chi connectivity index (χ4v) is 3.03. The Kier molecular flexibility index (Phi) is 12.2. The third-order valence-electron chi connectivity index (χ3n) is 4.69. The van der Waals surface area contributed by atoms with E-state index in [2.05, 4.69) is 26.0 Å². The molecule has 0 aliphatic carbocycles. The monoisotopic (exact) mass is 331 g/mol. The Morgan fingerprint density at radius 3 is 2.21 bits per heavy atom. The van der Waals surface area contributed by atoms with Crippen molar-refractivity contribution in [2.45, 2.75) is 90.9 Å². The van der Waals surface area contributed by atoms with Crippen molar-refractivity contribution in [3.8, 4) is 0 Å². The first kappa shape index (κ1) is 20.7. The Morgan fingerprint density at radius 1 is 0.917 bits per heavy atom. The van der Waals surface area contributed by atoms with Crippen LogP contribution in [0.25, 0.3) is 0 Å². The quantitative estimate of drug-likeness (QED) is 0.265. The molecule has 1 heterocycles. The Morgan fingerprint density at radius 2 is 1.54 bits per heavy atom. The molecule has 1 unspecified atom stereocenters. The molecule has 2 nitrogen and oxygen atoms in total. The maximum atomic E-state index is 11.9. The highest BCUT2D eigenvalue weighted by atomic mass is 16.1. The van der Waals surface area contributed by atoms with Crippen molar-refractivity contribution in [3.05, 3.63) is 36.7 Å². The molecular formula is C22H37NO. The molecule has 0 aromatic carbocycles. The lowest BCUT2D eigenvalue weighted by Gasteiger charge is -2.10. The molecule has 136 valence electrons. The first-order chi connectivity index (χ1) is 11.7. The van der Waals surface area contributed by atoms with Crippen molar-refractivity contribution in [2.75, 3.05) is 0 Å². The second-order valence-electron chi connectivity index (χ2n) is 7.09. The molecule has 0 fully saturated rings. The van der Waals surface area contributed by atoms with Crippen LogP contribution < -0.4 is 0 Å². The van der Waals surface area contributed by atoms with Crippen molar-refractivity contribution in [1.29, 1.82) is 0 Å². The predicted octanol–water partition coefficient (Wildman–Crippen LogP) is 7.02. The van der Waals surface area contributed by atoms with Crippen molar-refractivity contribution in [3.63, 3.8) is 0 Å². The number of aromatic nitrogens is 1. The van der Waals surface area contributed by atoms with Crippen LogP contribution in [-0.4, -0.2) is 10.5 Å². The lowest BCUT2D eigenvalue weighted by atomic mass is 9.96. The van der Waals surface area contributed by atoms with Crippen molar-refractivity contribution >= 4 is 5.91 Å². The molecular weight excluding hydrogens is 294 g/mol. The third-order valence-corrected chi connectivity index (χ3v) is 4.69. The SMILES string of the molecule is CCCC/C=C\CCCCCC(C)CCCCC(=O)n1cccc1. The minimum atomic E-state index is 0.222. The van der Waals surface area contributed by atoms with E-state index in [1.165, 1.54) is 64.2 Å². The van der Waals surface area contributed by atoms with E-state index in [1.807, 2.05) is 24.5 Å². The lowest BCUT2D eigenvalue weighted by molar-refractivity contribution is 0.0899. The van der Waals surface area contributed by atoms with E-state index in [-0.39, 0.29) is 5.91 Å². The standard InChI is InChI=1S/C22H37NO/c1-3-4-5-6-7-8-9-10-11-16-21(2)17-12-13-18-22(24)23-19-14-15-20-23/h6-7,14-15,19-21H,3-5,8-13,16-18H2,1-2H3/b7-6-. The molecule has 1 aromatic heterocycles. The van der Waals surface area contributed by atoms with E-state index < -0.39 is 0 Å². The summed E-state index contributed by atoms with van der Waals surface area (Å²) in [6.07, 6.45) is 23.0. The number of allylic oxidation sites excluding steroid dienone is 2. The maximum absolute atomic E-state index is 11.9. The van der Waals surface area contributed by atoms with Crippen LogP contribution in [0, 0.1) is 5.92 Å². The van der Waals surface area contributed by atoms with Gasteiger partial charge in [-0.3, -0.25) is 9.36 Å². The minimum Gasteiger partial charge on any atom is -0.295 e. The van der Waals surface area contributed by atoms with Crippen LogP contribution in [0.15, 0.2) is 36.7 Å². The van der Waals surface area contributed by atoms with Crippen molar-refractivity contribution < 1.29 is 4.79 Å². The molecule has 0 amide bonds. The molecule has 0 aliphatic rings. The van der Waals surface area contributed by atoms with Gasteiger partial charge in [-0.1, -0.05) is 70.9 Å². The van der Waals surface area contributed by atoms with Gasteiger partial charge in [0.1, 0.15) is 0 Å². The van der Waals surface area contributed by atoms with Crippen LogP contribution in [0.5, 0.6) is 0 Å². The van der Waals surface area contributed by atoms with Crippen LogP contribution in [0.3, 0.4) is 0 Å². The Balaban J connectivity index is 1.90. The summed E-state index contributed by atoms with van der Waals surface area (Å²) in [5, 5.41) is 0. The van der Waals surface area contributed by atoms with Gasteiger partial charge in [0.2, 0.25) is 5.91 Å². The molecule has 0 aliphatic heterocycles. The van der Waals surface area contributed by atoms with E-state index in [1.54, 1.807) is 4.57 Å². The van der Waals surface area contributed by atoms with Gasteiger partial charge in [-0.05, 0) is 43.7 Å². The van der Waals surface area contributed by atoms with Gasteiger partial charge in [0.05, 0.1) is 0 Å². The zero-order chi connectivity index (χ0) is 17.5. The first-order valence-corrected chi connectivity index (χ1v) is 10.0. The van der Waals surface area contributed by atoms with E-state index in [0.29, 0.717) is 6.42 Å². The molecule has 24 heavy (non-hydrogen) atoms. The van der Waals surface area contributed by atoms with Gasteiger partial charge in [0, 0.05) is 18.8 Å². The largest absolute Gasteiger partial charge is 0.295 e. The highest BCUT2D eigenvalue weighted by molar-refractivity contribution is 5.78. The molecule has 0 saturated heterocycles.